The standard InChI is InChI=1S/C17H14ClN3O2/c1-10-13(18)8-5-9-14(10)19-16(22)15-11-6-3-4-7-12(11)17(23)21(2)20-15/h3-9H,1-2H3,(H,19,22). The number of rotatable bonds is 2. The first-order chi connectivity index (χ1) is 11.0. The highest BCUT2D eigenvalue weighted by Gasteiger charge is 2.16. The fraction of sp³-hybridized carbons (Fsp3) is 0.118. The SMILES string of the molecule is Cc1c(Cl)cccc1NC(=O)c1nn(C)c(=O)c2ccccc12. The Hall–Kier alpha value is -2.66. The summed E-state index contributed by atoms with van der Waals surface area (Å²) in [6.45, 7) is 1.82. The Labute approximate surface area is 137 Å². The molecule has 0 aliphatic heterocycles. The number of aryl methyl sites for hydroxylation is 1. The van der Waals surface area contributed by atoms with Crippen LogP contribution in [0.1, 0.15) is 16.1 Å². The lowest BCUT2D eigenvalue weighted by Crippen LogP contribution is -2.25. The minimum atomic E-state index is -0.387. The van der Waals surface area contributed by atoms with Gasteiger partial charge in [-0.25, -0.2) is 4.68 Å². The van der Waals surface area contributed by atoms with Crippen molar-refractivity contribution in [3.05, 3.63) is 69.1 Å². The van der Waals surface area contributed by atoms with Crippen LogP contribution < -0.4 is 10.9 Å². The van der Waals surface area contributed by atoms with Crippen molar-refractivity contribution >= 4 is 34.0 Å². The molecule has 1 N–H and O–H groups in total. The van der Waals surface area contributed by atoms with Crippen LogP contribution in [-0.2, 0) is 7.05 Å². The van der Waals surface area contributed by atoms with Crippen molar-refractivity contribution in [2.75, 3.05) is 5.32 Å². The minimum Gasteiger partial charge on any atom is -0.320 e. The van der Waals surface area contributed by atoms with E-state index in [1.165, 1.54) is 11.7 Å². The van der Waals surface area contributed by atoms with Gasteiger partial charge in [0.25, 0.3) is 11.5 Å². The zero-order valence-electron chi connectivity index (χ0n) is 12.6. The number of carbonyl (C=O) groups excluding carboxylic acids is 1. The number of nitrogens with one attached hydrogen (secondary N) is 1. The molecule has 0 saturated carbocycles. The molecular weight excluding hydrogens is 314 g/mol. The van der Waals surface area contributed by atoms with Gasteiger partial charge in [-0.1, -0.05) is 35.9 Å². The molecule has 23 heavy (non-hydrogen) atoms. The van der Waals surface area contributed by atoms with Gasteiger partial charge < -0.3 is 5.32 Å². The van der Waals surface area contributed by atoms with Crippen LogP contribution in [0.4, 0.5) is 5.69 Å². The van der Waals surface area contributed by atoms with Gasteiger partial charge in [-0.3, -0.25) is 9.59 Å². The largest absolute Gasteiger partial charge is 0.320 e. The van der Waals surface area contributed by atoms with E-state index in [2.05, 4.69) is 10.4 Å². The van der Waals surface area contributed by atoms with Gasteiger partial charge >= 0.3 is 0 Å². The normalized spacial score (nSPS) is 10.7. The van der Waals surface area contributed by atoms with E-state index in [-0.39, 0.29) is 17.2 Å². The van der Waals surface area contributed by atoms with E-state index in [9.17, 15) is 9.59 Å². The molecule has 2 aromatic carbocycles. The monoisotopic (exact) mass is 327 g/mol. The summed E-state index contributed by atoms with van der Waals surface area (Å²) in [5.74, 6) is -0.387. The van der Waals surface area contributed by atoms with Crippen LogP contribution in [0.15, 0.2) is 47.3 Å². The van der Waals surface area contributed by atoms with Crippen molar-refractivity contribution in [3.63, 3.8) is 0 Å². The molecule has 1 amide bonds. The highest BCUT2D eigenvalue weighted by Crippen LogP contribution is 2.24. The van der Waals surface area contributed by atoms with Crippen LogP contribution >= 0.6 is 11.6 Å². The van der Waals surface area contributed by atoms with Gasteiger partial charge in [0, 0.05) is 23.1 Å². The van der Waals surface area contributed by atoms with Crippen molar-refractivity contribution in [1.29, 1.82) is 0 Å². The van der Waals surface area contributed by atoms with E-state index in [0.717, 1.165) is 5.56 Å². The second-order valence-electron chi connectivity index (χ2n) is 5.19. The summed E-state index contributed by atoms with van der Waals surface area (Å²) in [6, 6.07) is 12.2. The van der Waals surface area contributed by atoms with E-state index in [4.69, 9.17) is 11.6 Å². The maximum atomic E-state index is 12.6. The molecule has 5 nitrogen and oxygen atoms in total. The summed E-state index contributed by atoms with van der Waals surface area (Å²) in [5, 5.41) is 8.46. The van der Waals surface area contributed by atoms with Gasteiger partial charge in [0.2, 0.25) is 0 Å². The number of fused-ring (bicyclic) bond motifs is 1. The van der Waals surface area contributed by atoms with E-state index in [1.54, 1.807) is 42.5 Å². The van der Waals surface area contributed by atoms with Crippen LogP contribution in [0.2, 0.25) is 5.02 Å². The number of carbonyl (C=O) groups is 1. The zero-order valence-corrected chi connectivity index (χ0v) is 13.4. The second-order valence-corrected chi connectivity index (χ2v) is 5.60. The van der Waals surface area contributed by atoms with Crippen molar-refractivity contribution in [2.45, 2.75) is 6.92 Å². The molecule has 0 aliphatic carbocycles. The van der Waals surface area contributed by atoms with Gasteiger partial charge in [0.15, 0.2) is 5.69 Å². The van der Waals surface area contributed by atoms with Crippen molar-refractivity contribution < 1.29 is 4.79 Å². The first kappa shape index (κ1) is 15.2. The Bertz CT molecular complexity index is 979. The molecule has 0 radical (unpaired) electrons. The molecule has 0 spiro atoms. The second kappa shape index (κ2) is 5.85. The van der Waals surface area contributed by atoms with E-state index >= 15 is 0 Å². The molecule has 0 unspecified atom stereocenters. The lowest BCUT2D eigenvalue weighted by molar-refractivity contribution is 0.102. The van der Waals surface area contributed by atoms with Crippen LogP contribution in [0.3, 0.4) is 0 Å². The molecule has 0 fully saturated rings. The maximum Gasteiger partial charge on any atom is 0.276 e. The van der Waals surface area contributed by atoms with Crippen LogP contribution in [-0.4, -0.2) is 15.7 Å². The molecule has 3 aromatic rings. The quantitative estimate of drug-likeness (QED) is 0.786. The number of amides is 1. The summed E-state index contributed by atoms with van der Waals surface area (Å²) in [5.41, 5.74) is 1.34. The van der Waals surface area contributed by atoms with Crippen LogP contribution in [0.5, 0.6) is 0 Å². The topological polar surface area (TPSA) is 64.0 Å². The molecular formula is C17H14ClN3O2. The summed E-state index contributed by atoms with van der Waals surface area (Å²) < 4.78 is 1.17. The van der Waals surface area contributed by atoms with Gasteiger partial charge in [0.05, 0.1) is 5.39 Å². The number of benzene rings is 2. The van der Waals surface area contributed by atoms with Gasteiger partial charge in [-0.15, -0.1) is 0 Å². The Morgan fingerprint density at radius 3 is 2.57 bits per heavy atom. The third-order valence-corrected chi connectivity index (χ3v) is 4.10. The first-order valence-corrected chi connectivity index (χ1v) is 7.39. The number of aromatic nitrogens is 2. The number of hydrogen-bond acceptors (Lipinski definition) is 3. The van der Waals surface area contributed by atoms with E-state index in [1.807, 2.05) is 6.92 Å². The van der Waals surface area contributed by atoms with Crippen LogP contribution in [0.25, 0.3) is 10.8 Å². The highest BCUT2D eigenvalue weighted by molar-refractivity contribution is 6.31. The van der Waals surface area contributed by atoms with Gasteiger partial charge in [-0.2, -0.15) is 5.10 Å². The number of halogens is 1. The van der Waals surface area contributed by atoms with E-state index < -0.39 is 0 Å². The van der Waals surface area contributed by atoms with Crippen molar-refractivity contribution in [2.24, 2.45) is 7.05 Å². The summed E-state index contributed by atoms with van der Waals surface area (Å²) in [4.78, 5) is 24.7. The molecule has 1 heterocycles. The summed E-state index contributed by atoms with van der Waals surface area (Å²) in [7, 11) is 1.52. The predicted octanol–water partition coefficient (Wildman–Crippen LogP) is 3.15. The molecule has 0 saturated heterocycles. The van der Waals surface area contributed by atoms with Crippen molar-refractivity contribution in [1.82, 2.24) is 9.78 Å². The third kappa shape index (κ3) is 2.71. The van der Waals surface area contributed by atoms with Gasteiger partial charge in [0.1, 0.15) is 0 Å². The fourth-order valence-electron chi connectivity index (χ4n) is 2.39. The average Bonchev–Trinajstić information content (AvgIpc) is 2.55. The predicted molar refractivity (Wildman–Crippen MR) is 91.1 cm³/mol. The lowest BCUT2D eigenvalue weighted by Gasteiger charge is -2.11. The molecule has 0 atom stereocenters. The molecule has 6 heteroatoms. The highest BCUT2D eigenvalue weighted by atomic mass is 35.5. The van der Waals surface area contributed by atoms with Crippen molar-refractivity contribution in [3.8, 4) is 0 Å². The Balaban J connectivity index is 2.10. The maximum absolute atomic E-state index is 12.6. The summed E-state index contributed by atoms with van der Waals surface area (Å²) in [6.07, 6.45) is 0. The lowest BCUT2D eigenvalue weighted by atomic mass is 10.1. The fourth-order valence-corrected chi connectivity index (χ4v) is 2.57. The Morgan fingerprint density at radius 2 is 1.83 bits per heavy atom. The zero-order chi connectivity index (χ0) is 16.6. The molecule has 0 aliphatic rings. The Morgan fingerprint density at radius 1 is 1.13 bits per heavy atom. The first-order valence-electron chi connectivity index (χ1n) is 7.01. The third-order valence-electron chi connectivity index (χ3n) is 3.69. The smallest absolute Gasteiger partial charge is 0.276 e. The number of anilines is 1. The van der Waals surface area contributed by atoms with Crippen LogP contribution in [0, 0.1) is 6.92 Å². The summed E-state index contributed by atoms with van der Waals surface area (Å²) >= 11 is 6.07. The number of nitrogens with zero attached hydrogens (tertiary/aromatic N) is 2. The number of hydrogen-bond donors (Lipinski definition) is 1. The Kier molecular flexibility index (Phi) is 3.88. The average molecular weight is 328 g/mol. The molecule has 116 valence electrons. The molecule has 1 aromatic heterocycles. The minimum absolute atomic E-state index is 0.196. The van der Waals surface area contributed by atoms with E-state index in [0.29, 0.717) is 21.5 Å². The van der Waals surface area contributed by atoms with Gasteiger partial charge in [-0.05, 0) is 30.7 Å². The molecule has 3 rings (SSSR count). The molecule has 0 bridgehead atoms.